The van der Waals surface area contributed by atoms with E-state index in [2.05, 4.69) is 15.8 Å². The van der Waals surface area contributed by atoms with Crippen molar-refractivity contribution in [2.75, 3.05) is 12.4 Å². The molecule has 0 unspecified atom stereocenters. The van der Waals surface area contributed by atoms with Gasteiger partial charge in [0.05, 0.1) is 13.3 Å². The van der Waals surface area contributed by atoms with Gasteiger partial charge in [0.2, 0.25) is 0 Å². The van der Waals surface area contributed by atoms with Gasteiger partial charge in [0.15, 0.2) is 5.11 Å². The lowest BCUT2D eigenvalue weighted by atomic mass is 10.2. The monoisotopic (exact) mass is 344 g/mol. The standard InChI is InChI=1S/C16H16N4O3S/c1-23-14-8-2-11(3-9-14)10-17-19-16(24)18-13-6-4-12(5-7-13)15(21)20-22/h2-10,22H,1H3,(H,20,21)(H2,18,19,24)/b17-10+. The molecular weight excluding hydrogens is 328 g/mol. The SMILES string of the molecule is COc1ccc(/C=N/NC(=S)Nc2ccc(C(=O)NO)cc2)cc1. The fraction of sp³-hybridized carbons (Fsp3) is 0.0625. The van der Waals surface area contributed by atoms with Gasteiger partial charge in [0.25, 0.3) is 5.91 Å². The number of thiocarbonyl (C=S) groups is 1. The van der Waals surface area contributed by atoms with Crippen molar-refractivity contribution in [3.8, 4) is 5.75 Å². The summed E-state index contributed by atoms with van der Waals surface area (Å²) in [5.41, 5.74) is 6.17. The third-order valence-corrected chi connectivity index (χ3v) is 3.20. The van der Waals surface area contributed by atoms with E-state index in [-0.39, 0.29) is 0 Å². The molecule has 0 aromatic heterocycles. The van der Waals surface area contributed by atoms with Gasteiger partial charge in [0.1, 0.15) is 5.75 Å². The van der Waals surface area contributed by atoms with Crippen LogP contribution in [0.25, 0.3) is 0 Å². The number of amides is 1. The summed E-state index contributed by atoms with van der Waals surface area (Å²) in [4.78, 5) is 11.2. The van der Waals surface area contributed by atoms with Crippen LogP contribution in [0.3, 0.4) is 0 Å². The Bertz CT molecular complexity index is 730. The summed E-state index contributed by atoms with van der Waals surface area (Å²) in [5.74, 6) is 0.196. The van der Waals surface area contributed by atoms with Crippen molar-refractivity contribution in [2.24, 2.45) is 5.10 Å². The van der Waals surface area contributed by atoms with Crippen LogP contribution in [-0.2, 0) is 0 Å². The summed E-state index contributed by atoms with van der Waals surface area (Å²) in [5, 5.41) is 15.8. The van der Waals surface area contributed by atoms with Crippen molar-refractivity contribution in [1.29, 1.82) is 0 Å². The van der Waals surface area contributed by atoms with E-state index in [4.69, 9.17) is 22.2 Å². The van der Waals surface area contributed by atoms with Gasteiger partial charge in [-0.2, -0.15) is 5.10 Å². The third-order valence-electron chi connectivity index (χ3n) is 3.00. The Hall–Kier alpha value is -2.97. The molecule has 0 radical (unpaired) electrons. The number of nitrogens with zero attached hydrogens (tertiary/aromatic N) is 1. The third kappa shape index (κ3) is 5.04. The molecule has 0 saturated carbocycles. The van der Waals surface area contributed by atoms with Crippen LogP contribution in [0.1, 0.15) is 15.9 Å². The Morgan fingerprint density at radius 3 is 2.42 bits per heavy atom. The molecule has 0 saturated heterocycles. The van der Waals surface area contributed by atoms with Gasteiger partial charge in [-0.3, -0.25) is 15.4 Å². The second kappa shape index (κ2) is 8.61. The fourth-order valence-electron chi connectivity index (χ4n) is 1.78. The molecule has 0 aliphatic heterocycles. The second-order valence-corrected chi connectivity index (χ2v) is 5.02. The quantitative estimate of drug-likeness (QED) is 0.287. The Morgan fingerprint density at radius 2 is 1.83 bits per heavy atom. The summed E-state index contributed by atoms with van der Waals surface area (Å²) in [6.07, 6.45) is 1.63. The highest BCUT2D eigenvalue weighted by molar-refractivity contribution is 7.80. The Balaban J connectivity index is 1.86. The summed E-state index contributed by atoms with van der Waals surface area (Å²) in [7, 11) is 1.61. The molecule has 2 aromatic rings. The van der Waals surface area contributed by atoms with Crippen LogP contribution in [0, 0.1) is 0 Å². The van der Waals surface area contributed by atoms with Crippen molar-refractivity contribution < 1.29 is 14.7 Å². The van der Waals surface area contributed by atoms with E-state index in [9.17, 15) is 4.79 Å². The van der Waals surface area contributed by atoms with Gasteiger partial charge in [-0.25, -0.2) is 5.48 Å². The zero-order valence-corrected chi connectivity index (χ0v) is 13.6. The number of hydrazone groups is 1. The van der Waals surface area contributed by atoms with Crippen molar-refractivity contribution in [3.63, 3.8) is 0 Å². The highest BCUT2D eigenvalue weighted by atomic mass is 32.1. The Kier molecular flexibility index (Phi) is 6.23. The van der Waals surface area contributed by atoms with E-state index in [1.807, 2.05) is 24.3 Å². The van der Waals surface area contributed by atoms with Crippen LogP contribution >= 0.6 is 12.2 Å². The maximum Gasteiger partial charge on any atom is 0.274 e. The molecule has 0 aliphatic rings. The molecule has 2 aromatic carbocycles. The zero-order chi connectivity index (χ0) is 17.4. The molecule has 0 heterocycles. The van der Waals surface area contributed by atoms with Crippen molar-refractivity contribution >= 4 is 35.1 Å². The molecule has 4 N–H and O–H groups in total. The van der Waals surface area contributed by atoms with Gasteiger partial charge >= 0.3 is 0 Å². The van der Waals surface area contributed by atoms with Crippen molar-refractivity contribution in [1.82, 2.24) is 10.9 Å². The molecule has 8 heteroatoms. The first-order valence-corrected chi connectivity index (χ1v) is 7.32. The lowest BCUT2D eigenvalue weighted by Gasteiger charge is -2.07. The molecule has 0 spiro atoms. The number of methoxy groups -OCH3 is 1. The van der Waals surface area contributed by atoms with E-state index in [1.165, 1.54) is 0 Å². The van der Waals surface area contributed by atoms with E-state index in [0.29, 0.717) is 16.4 Å². The minimum atomic E-state index is -0.577. The molecule has 124 valence electrons. The summed E-state index contributed by atoms with van der Waals surface area (Å²) in [6.45, 7) is 0. The zero-order valence-electron chi connectivity index (χ0n) is 12.8. The van der Waals surface area contributed by atoms with E-state index >= 15 is 0 Å². The minimum Gasteiger partial charge on any atom is -0.497 e. The van der Waals surface area contributed by atoms with Gasteiger partial charge < -0.3 is 10.1 Å². The number of carbonyl (C=O) groups excluding carboxylic acids is 1. The molecular formula is C16H16N4O3S. The molecule has 0 aliphatic carbocycles. The van der Waals surface area contributed by atoms with Gasteiger partial charge in [-0.15, -0.1) is 0 Å². The van der Waals surface area contributed by atoms with Crippen LogP contribution in [0.4, 0.5) is 5.69 Å². The first-order chi connectivity index (χ1) is 11.6. The number of nitrogens with one attached hydrogen (secondary N) is 3. The number of hydrogen-bond acceptors (Lipinski definition) is 5. The first-order valence-electron chi connectivity index (χ1n) is 6.91. The van der Waals surface area contributed by atoms with Crippen LogP contribution in [0.15, 0.2) is 53.6 Å². The average Bonchev–Trinajstić information content (AvgIpc) is 2.62. The number of anilines is 1. The van der Waals surface area contributed by atoms with E-state index < -0.39 is 5.91 Å². The molecule has 0 bridgehead atoms. The first kappa shape index (κ1) is 17.4. The van der Waals surface area contributed by atoms with E-state index in [1.54, 1.807) is 43.1 Å². The lowest BCUT2D eigenvalue weighted by Crippen LogP contribution is -2.24. The summed E-state index contributed by atoms with van der Waals surface area (Å²) < 4.78 is 5.08. The summed E-state index contributed by atoms with van der Waals surface area (Å²) in [6, 6.07) is 13.8. The number of rotatable bonds is 5. The number of carbonyl (C=O) groups is 1. The van der Waals surface area contributed by atoms with Crippen LogP contribution in [-0.4, -0.2) is 29.6 Å². The smallest absolute Gasteiger partial charge is 0.274 e. The number of hydroxylamine groups is 1. The molecule has 7 nitrogen and oxygen atoms in total. The second-order valence-electron chi connectivity index (χ2n) is 4.62. The summed E-state index contributed by atoms with van der Waals surface area (Å²) >= 11 is 5.12. The maximum absolute atomic E-state index is 11.2. The van der Waals surface area contributed by atoms with Gasteiger partial charge in [0, 0.05) is 11.3 Å². The van der Waals surface area contributed by atoms with E-state index in [0.717, 1.165) is 11.3 Å². The minimum absolute atomic E-state index is 0.305. The van der Waals surface area contributed by atoms with Crippen molar-refractivity contribution in [2.45, 2.75) is 0 Å². The van der Waals surface area contributed by atoms with Crippen LogP contribution in [0.2, 0.25) is 0 Å². The molecule has 0 fully saturated rings. The largest absolute Gasteiger partial charge is 0.497 e. The van der Waals surface area contributed by atoms with Gasteiger partial charge in [-0.05, 0) is 66.3 Å². The highest BCUT2D eigenvalue weighted by Crippen LogP contribution is 2.10. The number of hydrogen-bond donors (Lipinski definition) is 4. The Morgan fingerprint density at radius 1 is 1.17 bits per heavy atom. The molecule has 0 atom stereocenters. The highest BCUT2D eigenvalue weighted by Gasteiger charge is 2.03. The molecule has 24 heavy (non-hydrogen) atoms. The maximum atomic E-state index is 11.2. The predicted molar refractivity (Wildman–Crippen MR) is 95.6 cm³/mol. The number of benzene rings is 2. The molecule has 1 amide bonds. The fourth-order valence-corrected chi connectivity index (χ4v) is 1.95. The number of ether oxygens (including phenoxy) is 1. The topological polar surface area (TPSA) is 95.0 Å². The van der Waals surface area contributed by atoms with Crippen molar-refractivity contribution in [3.05, 3.63) is 59.7 Å². The average molecular weight is 344 g/mol. The molecule has 2 rings (SSSR count). The lowest BCUT2D eigenvalue weighted by molar-refractivity contribution is 0.0706. The Labute approximate surface area is 144 Å². The normalized spacial score (nSPS) is 10.2. The van der Waals surface area contributed by atoms with Crippen LogP contribution < -0.4 is 21.0 Å². The van der Waals surface area contributed by atoms with Crippen LogP contribution in [0.5, 0.6) is 5.75 Å². The van der Waals surface area contributed by atoms with Gasteiger partial charge in [-0.1, -0.05) is 0 Å². The predicted octanol–water partition coefficient (Wildman–Crippen LogP) is 2.13.